The highest BCUT2D eigenvalue weighted by Crippen LogP contribution is 2.15. The van der Waals surface area contributed by atoms with Crippen LogP contribution < -0.4 is 5.32 Å². The number of likely N-dealkylation sites (tertiary alicyclic amines) is 1. The summed E-state index contributed by atoms with van der Waals surface area (Å²) in [4.78, 5) is 2.38. The maximum absolute atomic E-state index is 13.0. The Bertz CT molecular complexity index is 406. The molecule has 0 spiro atoms. The van der Waals surface area contributed by atoms with Gasteiger partial charge in [-0.2, -0.15) is 0 Å². The lowest BCUT2D eigenvalue weighted by Gasteiger charge is -2.33. The van der Waals surface area contributed by atoms with E-state index in [0.717, 1.165) is 38.9 Å². The monoisotopic (exact) mass is 298 g/mol. The van der Waals surface area contributed by atoms with Gasteiger partial charge in [0.25, 0.3) is 5.92 Å². The number of aliphatic hydroxyl groups is 1. The van der Waals surface area contributed by atoms with Gasteiger partial charge in [0.1, 0.15) is 6.61 Å². The number of hydrogen-bond acceptors (Lipinski definition) is 3. The highest BCUT2D eigenvalue weighted by atomic mass is 19.3. The highest BCUT2D eigenvalue weighted by Gasteiger charge is 2.29. The first-order valence-corrected chi connectivity index (χ1v) is 7.57. The normalized spacial score (nSPS) is 18.0. The summed E-state index contributed by atoms with van der Waals surface area (Å²) >= 11 is 0. The zero-order valence-corrected chi connectivity index (χ0v) is 12.3. The van der Waals surface area contributed by atoms with E-state index in [1.54, 1.807) is 0 Å². The van der Waals surface area contributed by atoms with Gasteiger partial charge in [-0.3, -0.25) is 0 Å². The van der Waals surface area contributed by atoms with E-state index in [9.17, 15) is 8.78 Å². The Hall–Kier alpha value is -1.04. The molecular formula is C16H24F2N2O. The quantitative estimate of drug-likeness (QED) is 0.807. The third kappa shape index (κ3) is 5.69. The molecule has 2 rings (SSSR count). The molecule has 2 N–H and O–H groups in total. The lowest BCUT2D eigenvalue weighted by molar-refractivity contribution is -0.0504. The van der Waals surface area contributed by atoms with Crippen molar-refractivity contribution >= 4 is 0 Å². The van der Waals surface area contributed by atoms with Gasteiger partial charge in [-0.05, 0) is 37.9 Å². The van der Waals surface area contributed by atoms with E-state index in [0.29, 0.717) is 0 Å². The Morgan fingerprint density at radius 3 is 2.48 bits per heavy atom. The predicted molar refractivity (Wildman–Crippen MR) is 79.6 cm³/mol. The molecule has 0 aliphatic carbocycles. The fourth-order valence-electron chi connectivity index (χ4n) is 2.64. The average Bonchev–Trinajstić information content (AvgIpc) is 2.53. The summed E-state index contributed by atoms with van der Waals surface area (Å²) in [6, 6.07) is 10.5. The first-order chi connectivity index (χ1) is 10.1. The number of nitrogens with zero attached hydrogens (tertiary/aromatic N) is 1. The van der Waals surface area contributed by atoms with E-state index in [1.165, 1.54) is 5.56 Å². The Kier molecular flexibility index (Phi) is 6.08. The number of benzene rings is 1. The summed E-state index contributed by atoms with van der Waals surface area (Å²) in [7, 11) is 0. The van der Waals surface area contributed by atoms with E-state index < -0.39 is 19.1 Å². The van der Waals surface area contributed by atoms with E-state index >= 15 is 0 Å². The number of rotatable bonds is 7. The van der Waals surface area contributed by atoms with Gasteiger partial charge in [-0.15, -0.1) is 0 Å². The van der Waals surface area contributed by atoms with E-state index in [-0.39, 0.29) is 6.04 Å². The molecule has 1 aromatic rings. The minimum atomic E-state index is -3.01. The van der Waals surface area contributed by atoms with Crippen LogP contribution >= 0.6 is 0 Å². The number of alkyl halides is 2. The molecule has 3 nitrogen and oxygen atoms in total. The zero-order chi connectivity index (χ0) is 15.1. The summed E-state index contributed by atoms with van der Waals surface area (Å²) in [6.45, 7) is 1.38. The predicted octanol–water partition coefficient (Wildman–Crippen LogP) is 1.91. The largest absolute Gasteiger partial charge is 0.390 e. The summed E-state index contributed by atoms with van der Waals surface area (Å²) in [6.07, 6.45) is 2.80. The SMILES string of the molecule is OCC(F)(F)CNC1CCN(CCc2ccccc2)CC1. The van der Waals surface area contributed by atoms with Crippen LogP contribution in [0.2, 0.25) is 0 Å². The summed E-state index contributed by atoms with van der Waals surface area (Å²) in [5.41, 5.74) is 1.33. The van der Waals surface area contributed by atoms with Crippen LogP contribution in [0.4, 0.5) is 8.78 Å². The smallest absolute Gasteiger partial charge is 0.282 e. The van der Waals surface area contributed by atoms with Crippen LogP contribution in [0.3, 0.4) is 0 Å². The van der Waals surface area contributed by atoms with Crippen molar-refractivity contribution < 1.29 is 13.9 Å². The van der Waals surface area contributed by atoms with Crippen molar-refractivity contribution in [2.45, 2.75) is 31.2 Å². The molecule has 0 saturated carbocycles. The van der Waals surface area contributed by atoms with Gasteiger partial charge in [0.05, 0.1) is 6.54 Å². The van der Waals surface area contributed by atoms with Crippen LogP contribution in [-0.2, 0) is 6.42 Å². The third-order valence-electron chi connectivity index (χ3n) is 4.03. The Balaban J connectivity index is 1.64. The van der Waals surface area contributed by atoms with Crippen LogP contribution in [0.15, 0.2) is 30.3 Å². The van der Waals surface area contributed by atoms with E-state index in [1.807, 2.05) is 18.2 Å². The second kappa shape index (κ2) is 7.82. The van der Waals surface area contributed by atoms with Crippen molar-refractivity contribution in [2.24, 2.45) is 0 Å². The van der Waals surface area contributed by atoms with Gasteiger partial charge in [-0.25, -0.2) is 8.78 Å². The summed E-state index contributed by atoms with van der Waals surface area (Å²) in [5.74, 6) is -3.01. The standard InChI is InChI=1S/C16H24F2N2O/c17-16(18,13-21)12-19-15-7-10-20(11-8-15)9-6-14-4-2-1-3-5-14/h1-5,15,19,21H,6-13H2. The molecule has 0 unspecified atom stereocenters. The maximum Gasteiger partial charge on any atom is 0.282 e. The highest BCUT2D eigenvalue weighted by molar-refractivity contribution is 5.14. The van der Waals surface area contributed by atoms with Crippen molar-refractivity contribution in [3.63, 3.8) is 0 Å². The Morgan fingerprint density at radius 2 is 1.86 bits per heavy atom. The second-order valence-corrected chi connectivity index (χ2v) is 5.75. The lowest BCUT2D eigenvalue weighted by Crippen LogP contribution is -2.47. The molecular weight excluding hydrogens is 274 g/mol. The van der Waals surface area contributed by atoms with Crippen molar-refractivity contribution in [3.8, 4) is 0 Å². The number of hydrogen-bond donors (Lipinski definition) is 2. The molecule has 1 saturated heterocycles. The van der Waals surface area contributed by atoms with Crippen molar-refractivity contribution in [2.75, 3.05) is 32.8 Å². The van der Waals surface area contributed by atoms with Crippen LogP contribution in [0.1, 0.15) is 18.4 Å². The van der Waals surface area contributed by atoms with Crippen molar-refractivity contribution in [3.05, 3.63) is 35.9 Å². The minimum Gasteiger partial charge on any atom is -0.390 e. The van der Waals surface area contributed by atoms with Gasteiger partial charge >= 0.3 is 0 Å². The molecule has 118 valence electrons. The molecule has 1 fully saturated rings. The van der Waals surface area contributed by atoms with Gasteiger partial charge in [0.15, 0.2) is 0 Å². The molecule has 5 heteroatoms. The Morgan fingerprint density at radius 1 is 1.19 bits per heavy atom. The zero-order valence-electron chi connectivity index (χ0n) is 12.3. The fourth-order valence-corrected chi connectivity index (χ4v) is 2.64. The topological polar surface area (TPSA) is 35.5 Å². The molecule has 0 radical (unpaired) electrons. The summed E-state index contributed by atoms with van der Waals surface area (Å²) < 4.78 is 25.9. The minimum absolute atomic E-state index is 0.135. The average molecular weight is 298 g/mol. The lowest BCUT2D eigenvalue weighted by atomic mass is 10.0. The van der Waals surface area contributed by atoms with Gasteiger partial charge in [0, 0.05) is 12.6 Å². The van der Waals surface area contributed by atoms with E-state index in [4.69, 9.17) is 5.11 Å². The number of halogens is 2. The third-order valence-corrected chi connectivity index (χ3v) is 4.03. The van der Waals surface area contributed by atoms with Gasteiger partial charge < -0.3 is 15.3 Å². The van der Waals surface area contributed by atoms with E-state index in [2.05, 4.69) is 22.3 Å². The molecule has 1 aliphatic rings. The molecule has 0 aromatic heterocycles. The van der Waals surface area contributed by atoms with Crippen LogP contribution in [0.25, 0.3) is 0 Å². The fraction of sp³-hybridized carbons (Fsp3) is 0.625. The molecule has 0 bridgehead atoms. The number of nitrogens with one attached hydrogen (secondary N) is 1. The molecule has 21 heavy (non-hydrogen) atoms. The van der Waals surface area contributed by atoms with Crippen LogP contribution in [0, 0.1) is 0 Å². The first-order valence-electron chi connectivity index (χ1n) is 7.57. The van der Waals surface area contributed by atoms with Gasteiger partial charge in [-0.1, -0.05) is 30.3 Å². The molecule has 0 amide bonds. The van der Waals surface area contributed by atoms with Crippen molar-refractivity contribution in [1.29, 1.82) is 0 Å². The molecule has 1 aromatic carbocycles. The summed E-state index contributed by atoms with van der Waals surface area (Å²) in [5, 5.41) is 11.4. The number of piperidine rings is 1. The van der Waals surface area contributed by atoms with Crippen LogP contribution in [-0.4, -0.2) is 54.8 Å². The van der Waals surface area contributed by atoms with Crippen LogP contribution in [0.5, 0.6) is 0 Å². The Labute approximate surface area is 125 Å². The van der Waals surface area contributed by atoms with Crippen molar-refractivity contribution in [1.82, 2.24) is 10.2 Å². The maximum atomic E-state index is 13.0. The molecule has 1 heterocycles. The molecule has 1 aliphatic heterocycles. The number of aliphatic hydroxyl groups excluding tert-OH is 1. The molecule has 0 atom stereocenters. The van der Waals surface area contributed by atoms with Gasteiger partial charge in [0.2, 0.25) is 0 Å². The first kappa shape index (κ1) is 16.3. The second-order valence-electron chi connectivity index (χ2n) is 5.75.